The molecule has 1 atom stereocenters. The minimum Gasteiger partial charge on any atom is -0.507 e. The van der Waals surface area contributed by atoms with Crippen LogP contribution in [0.25, 0.3) is 0 Å². The fourth-order valence-electron chi connectivity index (χ4n) is 1.86. The Morgan fingerprint density at radius 1 is 1.59 bits per heavy atom. The van der Waals surface area contributed by atoms with Gasteiger partial charge in [0, 0.05) is 12.0 Å². The molecule has 1 aromatic carbocycles. The number of methoxy groups -OCH3 is 1. The Hall–Kier alpha value is -1.97. The monoisotopic (exact) mass is 234 g/mol. The molecular formula is C13H14O4. The predicted molar refractivity (Wildman–Crippen MR) is 62.4 cm³/mol. The third-order valence-electron chi connectivity index (χ3n) is 2.85. The highest BCUT2D eigenvalue weighted by Crippen LogP contribution is 2.39. The van der Waals surface area contributed by atoms with Gasteiger partial charge >= 0.3 is 5.97 Å². The van der Waals surface area contributed by atoms with Crippen LogP contribution in [0.1, 0.15) is 22.8 Å². The molecule has 2 rings (SSSR count). The third kappa shape index (κ3) is 1.86. The van der Waals surface area contributed by atoms with Gasteiger partial charge in [-0.2, -0.15) is 0 Å². The summed E-state index contributed by atoms with van der Waals surface area (Å²) in [5.74, 6) is -0.00896. The third-order valence-corrected chi connectivity index (χ3v) is 2.85. The number of rotatable bonds is 2. The summed E-state index contributed by atoms with van der Waals surface area (Å²) >= 11 is 0. The van der Waals surface area contributed by atoms with Gasteiger partial charge in [-0.05, 0) is 24.6 Å². The zero-order valence-corrected chi connectivity index (χ0v) is 9.82. The topological polar surface area (TPSA) is 55.8 Å². The number of fused-ring (bicyclic) bond motifs is 1. The van der Waals surface area contributed by atoms with Crippen LogP contribution < -0.4 is 4.74 Å². The lowest BCUT2D eigenvalue weighted by Crippen LogP contribution is -2.13. The second-order valence-corrected chi connectivity index (χ2v) is 4.09. The van der Waals surface area contributed by atoms with Gasteiger partial charge < -0.3 is 14.6 Å². The molecule has 0 saturated heterocycles. The summed E-state index contributed by atoms with van der Waals surface area (Å²) in [6.45, 7) is 5.70. The number of ether oxygens (including phenoxy) is 2. The summed E-state index contributed by atoms with van der Waals surface area (Å²) < 4.78 is 10.2. The average molecular weight is 234 g/mol. The molecule has 1 aliphatic rings. The second kappa shape index (κ2) is 4.13. The van der Waals surface area contributed by atoms with Crippen molar-refractivity contribution in [1.82, 2.24) is 0 Å². The first kappa shape index (κ1) is 11.5. The van der Waals surface area contributed by atoms with Gasteiger partial charge in [0.15, 0.2) is 0 Å². The summed E-state index contributed by atoms with van der Waals surface area (Å²) in [4.78, 5) is 11.4. The lowest BCUT2D eigenvalue weighted by Gasteiger charge is -2.08. The molecule has 0 radical (unpaired) electrons. The number of esters is 1. The SMILES string of the molecule is C=C(C)C1Cc2c(ccc(C(=O)OC)c2O)O1. The van der Waals surface area contributed by atoms with E-state index in [1.54, 1.807) is 6.07 Å². The van der Waals surface area contributed by atoms with Crippen molar-refractivity contribution in [3.05, 3.63) is 35.4 Å². The van der Waals surface area contributed by atoms with Crippen molar-refractivity contribution in [2.45, 2.75) is 19.4 Å². The Labute approximate surface area is 99.5 Å². The molecule has 0 saturated carbocycles. The van der Waals surface area contributed by atoms with Crippen LogP contribution >= 0.6 is 0 Å². The molecule has 0 fully saturated rings. The van der Waals surface area contributed by atoms with Gasteiger partial charge in [0.1, 0.15) is 23.2 Å². The van der Waals surface area contributed by atoms with E-state index in [4.69, 9.17) is 4.74 Å². The van der Waals surface area contributed by atoms with E-state index in [1.807, 2.05) is 6.92 Å². The highest BCUT2D eigenvalue weighted by atomic mass is 16.5. The molecule has 4 nitrogen and oxygen atoms in total. The van der Waals surface area contributed by atoms with E-state index in [0.29, 0.717) is 17.7 Å². The van der Waals surface area contributed by atoms with Gasteiger partial charge in [-0.25, -0.2) is 4.79 Å². The quantitative estimate of drug-likeness (QED) is 0.628. The summed E-state index contributed by atoms with van der Waals surface area (Å²) in [6, 6.07) is 3.17. The maximum Gasteiger partial charge on any atom is 0.341 e. The average Bonchev–Trinajstić information content (AvgIpc) is 2.73. The van der Waals surface area contributed by atoms with Crippen LogP contribution in [0.2, 0.25) is 0 Å². The molecule has 0 aromatic heterocycles. The molecule has 4 heteroatoms. The van der Waals surface area contributed by atoms with Crippen LogP contribution in [0.5, 0.6) is 11.5 Å². The number of carbonyl (C=O) groups excluding carboxylic acids is 1. The van der Waals surface area contributed by atoms with E-state index in [-0.39, 0.29) is 17.4 Å². The first-order chi connectivity index (χ1) is 8.04. The van der Waals surface area contributed by atoms with Gasteiger partial charge in [0.2, 0.25) is 0 Å². The summed E-state index contributed by atoms with van der Waals surface area (Å²) in [6.07, 6.45) is 0.394. The van der Waals surface area contributed by atoms with Crippen LogP contribution in [0.15, 0.2) is 24.3 Å². The minimum atomic E-state index is -0.552. The van der Waals surface area contributed by atoms with Gasteiger partial charge in [0.25, 0.3) is 0 Å². The van der Waals surface area contributed by atoms with Crippen molar-refractivity contribution in [2.24, 2.45) is 0 Å². The summed E-state index contributed by atoms with van der Waals surface area (Å²) in [5.41, 5.74) is 1.69. The predicted octanol–water partition coefficient (Wildman–Crippen LogP) is 2.06. The zero-order chi connectivity index (χ0) is 12.6. The zero-order valence-electron chi connectivity index (χ0n) is 9.82. The lowest BCUT2D eigenvalue weighted by atomic mass is 10.0. The largest absolute Gasteiger partial charge is 0.507 e. The highest BCUT2D eigenvalue weighted by molar-refractivity contribution is 5.93. The number of benzene rings is 1. The van der Waals surface area contributed by atoms with E-state index in [0.717, 1.165) is 5.57 Å². The molecule has 1 unspecified atom stereocenters. The first-order valence-electron chi connectivity index (χ1n) is 5.29. The van der Waals surface area contributed by atoms with Crippen LogP contribution in [0.3, 0.4) is 0 Å². The molecule has 0 amide bonds. The Balaban J connectivity index is 2.40. The van der Waals surface area contributed by atoms with Crippen LogP contribution in [-0.4, -0.2) is 24.3 Å². The maximum atomic E-state index is 11.4. The number of phenols is 1. The number of phenolic OH excluding ortho intramolecular Hbond substituents is 1. The van der Waals surface area contributed by atoms with Gasteiger partial charge in [-0.15, -0.1) is 0 Å². The van der Waals surface area contributed by atoms with E-state index < -0.39 is 5.97 Å². The lowest BCUT2D eigenvalue weighted by molar-refractivity contribution is 0.0597. The highest BCUT2D eigenvalue weighted by Gasteiger charge is 2.28. The van der Waals surface area contributed by atoms with Crippen molar-refractivity contribution in [3.63, 3.8) is 0 Å². The van der Waals surface area contributed by atoms with Gasteiger partial charge in [-0.1, -0.05) is 6.58 Å². The van der Waals surface area contributed by atoms with Gasteiger partial charge in [0.05, 0.1) is 7.11 Å². The summed E-state index contributed by atoms with van der Waals surface area (Å²) in [7, 11) is 1.28. The van der Waals surface area contributed by atoms with Crippen LogP contribution in [0.4, 0.5) is 0 Å². The van der Waals surface area contributed by atoms with Gasteiger partial charge in [-0.3, -0.25) is 0 Å². The Morgan fingerprint density at radius 2 is 2.29 bits per heavy atom. The van der Waals surface area contributed by atoms with Crippen LogP contribution in [-0.2, 0) is 11.2 Å². The number of hydrogen-bond acceptors (Lipinski definition) is 4. The molecule has 1 aliphatic heterocycles. The normalized spacial score (nSPS) is 17.2. The standard InChI is InChI=1S/C13H14O4/c1-7(2)11-6-9-10(17-11)5-4-8(12(9)14)13(15)16-3/h4-5,11,14H,1,6H2,2-3H3. The van der Waals surface area contributed by atoms with Crippen molar-refractivity contribution in [2.75, 3.05) is 7.11 Å². The molecule has 90 valence electrons. The van der Waals surface area contributed by atoms with E-state index >= 15 is 0 Å². The molecule has 1 aromatic rings. The second-order valence-electron chi connectivity index (χ2n) is 4.09. The molecule has 0 aliphatic carbocycles. The Bertz CT molecular complexity index is 490. The van der Waals surface area contributed by atoms with E-state index in [1.165, 1.54) is 13.2 Å². The van der Waals surface area contributed by atoms with Crippen molar-refractivity contribution < 1.29 is 19.4 Å². The maximum absolute atomic E-state index is 11.4. The fraction of sp³-hybridized carbons (Fsp3) is 0.308. The Morgan fingerprint density at radius 3 is 2.88 bits per heavy atom. The smallest absolute Gasteiger partial charge is 0.341 e. The van der Waals surface area contributed by atoms with Crippen molar-refractivity contribution in [3.8, 4) is 11.5 Å². The summed E-state index contributed by atoms with van der Waals surface area (Å²) in [5, 5.41) is 10.0. The molecule has 0 bridgehead atoms. The molecule has 1 N–H and O–H groups in total. The molecule has 0 spiro atoms. The fourth-order valence-corrected chi connectivity index (χ4v) is 1.86. The Kier molecular flexibility index (Phi) is 2.79. The number of hydrogen-bond donors (Lipinski definition) is 1. The van der Waals surface area contributed by atoms with Crippen molar-refractivity contribution in [1.29, 1.82) is 0 Å². The van der Waals surface area contributed by atoms with E-state index in [2.05, 4.69) is 11.3 Å². The van der Waals surface area contributed by atoms with E-state index in [9.17, 15) is 9.90 Å². The molecule has 17 heavy (non-hydrogen) atoms. The van der Waals surface area contributed by atoms with Crippen LogP contribution in [0, 0.1) is 0 Å². The number of aromatic hydroxyl groups is 1. The molecule has 1 heterocycles. The number of carbonyl (C=O) groups is 1. The van der Waals surface area contributed by atoms with Crippen molar-refractivity contribution >= 4 is 5.97 Å². The first-order valence-corrected chi connectivity index (χ1v) is 5.29. The molecular weight excluding hydrogens is 220 g/mol. The minimum absolute atomic E-state index is 0.0573.